The Labute approximate surface area is 116 Å². The lowest BCUT2D eigenvalue weighted by molar-refractivity contribution is 0.0287. The first-order valence-electron chi connectivity index (χ1n) is 6.57. The van der Waals surface area contributed by atoms with Gasteiger partial charge in [0.2, 0.25) is 0 Å². The first-order valence-corrected chi connectivity index (χ1v) is 6.57. The Morgan fingerprint density at radius 2 is 1.89 bits per heavy atom. The van der Waals surface area contributed by atoms with Gasteiger partial charge in [-0.15, -0.1) is 6.58 Å². The molecule has 0 N–H and O–H groups in total. The van der Waals surface area contributed by atoms with Gasteiger partial charge in [-0.25, -0.2) is 0 Å². The highest BCUT2D eigenvalue weighted by molar-refractivity contribution is 5.26. The minimum Gasteiger partial charge on any atom is -0.497 e. The van der Waals surface area contributed by atoms with E-state index in [1.54, 1.807) is 14.2 Å². The molecule has 0 spiro atoms. The summed E-state index contributed by atoms with van der Waals surface area (Å²) in [6.07, 6.45) is 2.96. The molecular weight excluding hydrogens is 240 g/mol. The van der Waals surface area contributed by atoms with Crippen molar-refractivity contribution in [2.45, 2.75) is 26.1 Å². The van der Waals surface area contributed by atoms with Crippen LogP contribution in [0.3, 0.4) is 0 Å². The van der Waals surface area contributed by atoms with Gasteiger partial charge in [0.1, 0.15) is 5.75 Å². The van der Waals surface area contributed by atoms with Crippen LogP contribution in [0.5, 0.6) is 5.75 Å². The molecule has 0 bridgehead atoms. The smallest absolute Gasteiger partial charge is 0.118 e. The van der Waals surface area contributed by atoms with Gasteiger partial charge in [-0.2, -0.15) is 0 Å². The Morgan fingerprint density at radius 3 is 2.42 bits per heavy atom. The van der Waals surface area contributed by atoms with E-state index >= 15 is 0 Å². The van der Waals surface area contributed by atoms with Gasteiger partial charge in [0.05, 0.1) is 19.8 Å². The zero-order valence-corrected chi connectivity index (χ0v) is 12.1. The summed E-state index contributed by atoms with van der Waals surface area (Å²) in [5, 5.41) is 0. The number of hydrogen-bond donors (Lipinski definition) is 0. The molecule has 3 nitrogen and oxygen atoms in total. The molecule has 3 heteroatoms. The van der Waals surface area contributed by atoms with Gasteiger partial charge in [0, 0.05) is 19.6 Å². The van der Waals surface area contributed by atoms with Crippen molar-refractivity contribution < 1.29 is 14.2 Å². The molecule has 0 aliphatic carbocycles. The second-order valence-electron chi connectivity index (χ2n) is 4.56. The van der Waals surface area contributed by atoms with E-state index in [9.17, 15) is 0 Å². The summed E-state index contributed by atoms with van der Waals surface area (Å²) in [4.78, 5) is 0. The zero-order valence-electron chi connectivity index (χ0n) is 12.1. The molecule has 0 fully saturated rings. The average molecular weight is 264 g/mol. The Hall–Kier alpha value is -1.32. The molecule has 0 heterocycles. The molecule has 0 saturated carbocycles. The highest BCUT2D eigenvalue weighted by Crippen LogP contribution is 2.14. The van der Waals surface area contributed by atoms with Gasteiger partial charge in [-0.05, 0) is 24.1 Å². The van der Waals surface area contributed by atoms with Crippen molar-refractivity contribution in [3.8, 4) is 5.75 Å². The van der Waals surface area contributed by atoms with Crippen LogP contribution in [0.15, 0.2) is 36.9 Å². The quantitative estimate of drug-likeness (QED) is 0.505. The predicted molar refractivity (Wildman–Crippen MR) is 77.4 cm³/mol. The fraction of sp³-hybridized carbons (Fsp3) is 0.500. The first-order chi connectivity index (χ1) is 9.21. The second-order valence-corrected chi connectivity index (χ2v) is 4.56. The summed E-state index contributed by atoms with van der Waals surface area (Å²) < 4.78 is 16.2. The van der Waals surface area contributed by atoms with Gasteiger partial charge >= 0.3 is 0 Å². The van der Waals surface area contributed by atoms with Crippen LogP contribution in [0.4, 0.5) is 0 Å². The topological polar surface area (TPSA) is 27.7 Å². The number of benzene rings is 1. The van der Waals surface area contributed by atoms with Gasteiger partial charge in [-0.3, -0.25) is 0 Å². The molecule has 19 heavy (non-hydrogen) atoms. The summed E-state index contributed by atoms with van der Waals surface area (Å²) in [5.41, 5.74) is 1.14. The van der Waals surface area contributed by atoms with Crippen molar-refractivity contribution >= 4 is 0 Å². The molecule has 1 aromatic carbocycles. The van der Waals surface area contributed by atoms with Gasteiger partial charge in [0.15, 0.2) is 0 Å². The Kier molecular flexibility index (Phi) is 7.23. The molecule has 1 aromatic rings. The van der Waals surface area contributed by atoms with E-state index in [0.29, 0.717) is 19.1 Å². The van der Waals surface area contributed by atoms with Gasteiger partial charge < -0.3 is 14.2 Å². The molecule has 0 aliphatic heterocycles. The largest absolute Gasteiger partial charge is 0.497 e. The number of hydrogen-bond acceptors (Lipinski definition) is 3. The summed E-state index contributed by atoms with van der Waals surface area (Å²) in [6.45, 7) is 7.19. The predicted octanol–water partition coefficient (Wildman–Crippen LogP) is 3.44. The molecule has 0 radical (unpaired) electrons. The Morgan fingerprint density at radius 1 is 1.21 bits per heavy atom. The SMILES string of the molecule is C=C[C@H](C)[C@@H](CCOCc1ccc(OC)cc1)OC. The fourth-order valence-electron chi connectivity index (χ4n) is 1.86. The number of methoxy groups -OCH3 is 2. The highest BCUT2D eigenvalue weighted by Gasteiger charge is 2.13. The molecule has 0 saturated heterocycles. The van der Waals surface area contributed by atoms with Crippen LogP contribution in [0.2, 0.25) is 0 Å². The van der Waals surface area contributed by atoms with Crippen LogP contribution in [0, 0.1) is 5.92 Å². The van der Waals surface area contributed by atoms with Gasteiger partial charge in [-0.1, -0.05) is 25.1 Å². The zero-order chi connectivity index (χ0) is 14.1. The minimum absolute atomic E-state index is 0.174. The highest BCUT2D eigenvalue weighted by atomic mass is 16.5. The van der Waals surface area contributed by atoms with Crippen molar-refractivity contribution in [2.75, 3.05) is 20.8 Å². The normalized spacial score (nSPS) is 13.8. The lowest BCUT2D eigenvalue weighted by Gasteiger charge is -2.19. The van der Waals surface area contributed by atoms with E-state index in [4.69, 9.17) is 14.2 Å². The van der Waals surface area contributed by atoms with E-state index in [1.165, 1.54) is 0 Å². The summed E-state index contributed by atoms with van der Waals surface area (Å²) in [5.74, 6) is 1.21. The molecule has 0 amide bonds. The maximum Gasteiger partial charge on any atom is 0.118 e. The minimum atomic E-state index is 0.174. The Bertz CT molecular complexity index is 359. The van der Waals surface area contributed by atoms with Crippen LogP contribution in [-0.2, 0) is 16.1 Å². The maximum absolute atomic E-state index is 5.67. The van der Waals surface area contributed by atoms with Crippen molar-refractivity contribution in [2.24, 2.45) is 5.92 Å². The third kappa shape index (κ3) is 5.45. The molecule has 0 aromatic heterocycles. The second kappa shape index (κ2) is 8.73. The van der Waals surface area contributed by atoms with Crippen LogP contribution >= 0.6 is 0 Å². The summed E-state index contributed by atoms with van der Waals surface area (Å²) in [7, 11) is 3.39. The monoisotopic (exact) mass is 264 g/mol. The molecule has 106 valence electrons. The summed E-state index contributed by atoms with van der Waals surface area (Å²) in [6, 6.07) is 7.91. The van der Waals surface area contributed by atoms with Crippen molar-refractivity contribution in [1.82, 2.24) is 0 Å². The van der Waals surface area contributed by atoms with Crippen LogP contribution in [0.1, 0.15) is 18.9 Å². The molecule has 2 atom stereocenters. The van der Waals surface area contributed by atoms with E-state index in [2.05, 4.69) is 13.5 Å². The fourth-order valence-corrected chi connectivity index (χ4v) is 1.86. The van der Waals surface area contributed by atoms with Crippen molar-refractivity contribution in [3.63, 3.8) is 0 Å². The van der Waals surface area contributed by atoms with E-state index in [-0.39, 0.29) is 6.10 Å². The maximum atomic E-state index is 5.67. The third-order valence-corrected chi connectivity index (χ3v) is 3.24. The van der Waals surface area contributed by atoms with E-state index in [0.717, 1.165) is 17.7 Å². The third-order valence-electron chi connectivity index (χ3n) is 3.24. The van der Waals surface area contributed by atoms with Gasteiger partial charge in [0.25, 0.3) is 0 Å². The van der Waals surface area contributed by atoms with Crippen molar-refractivity contribution in [1.29, 1.82) is 0 Å². The van der Waals surface area contributed by atoms with Crippen molar-refractivity contribution in [3.05, 3.63) is 42.5 Å². The van der Waals surface area contributed by atoms with Crippen LogP contribution in [0.25, 0.3) is 0 Å². The molecular formula is C16H24O3. The first kappa shape index (κ1) is 15.7. The number of rotatable bonds is 9. The van der Waals surface area contributed by atoms with Crippen LogP contribution < -0.4 is 4.74 Å². The average Bonchev–Trinajstić information content (AvgIpc) is 2.47. The van der Waals surface area contributed by atoms with Crippen LogP contribution in [-0.4, -0.2) is 26.9 Å². The summed E-state index contributed by atoms with van der Waals surface area (Å²) >= 11 is 0. The van der Waals surface area contributed by atoms with E-state index in [1.807, 2.05) is 30.3 Å². The Balaban J connectivity index is 2.27. The lowest BCUT2D eigenvalue weighted by Crippen LogP contribution is -2.20. The molecule has 1 rings (SSSR count). The molecule has 0 aliphatic rings. The lowest BCUT2D eigenvalue weighted by atomic mass is 10.0. The van der Waals surface area contributed by atoms with E-state index < -0.39 is 0 Å². The standard InChI is InChI=1S/C16H24O3/c1-5-13(2)16(18-4)10-11-19-12-14-6-8-15(17-3)9-7-14/h5-9,13,16H,1,10-12H2,2-4H3/t13-,16+/m0/s1. The molecule has 0 unspecified atom stereocenters. The number of ether oxygens (including phenoxy) is 3.